The highest BCUT2D eigenvalue weighted by molar-refractivity contribution is 5.64. The number of rotatable bonds is 5. The van der Waals surface area contributed by atoms with Crippen LogP contribution in [0.15, 0.2) is 35.0 Å². The van der Waals surface area contributed by atoms with Crippen LogP contribution < -0.4 is 10.2 Å². The molecule has 1 N–H and O–H groups in total. The summed E-state index contributed by atoms with van der Waals surface area (Å²) >= 11 is 0. The number of aryl methyl sites for hydroxylation is 1. The lowest BCUT2D eigenvalue weighted by molar-refractivity contribution is 0.801. The van der Waals surface area contributed by atoms with Crippen molar-refractivity contribution in [1.82, 2.24) is 34.7 Å². The summed E-state index contributed by atoms with van der Waals surface area (Å²) in [6, 6.07) is 1.72. The molecule has 3 rings (SSSR count). The Bertz CT molecular complexity index is 885. The fraction of sp³-hybridized carbons (Fsp3) is 0.286. The van der Waals surface area contributed by atoms with Gasteiger partial charge in [-0.3, -0.25) is 0 Å². The summed E-state index contributed by atoms with van der Waals surface area (Å²) in [5.74, 6) is 1.77. The molecule has 0 fully saturated rings. The van der Waals surface area contributed by atoms with Crippen LogP contribution in [0.1, 0.15) is 5.69 Å². The van der Waals surface area contributed by atoms with Crippen LogP contribution in [0.3, 0.4) is 0 Å². The minimum Gasteiger partial charge on any atom is -0.371 e. The maximum Gasteiger partial charge on any atom is 0.274 e. The summed E-state index contributed by atoms with van der Waals surface area (Å²) in [6.07, 6.45) is 4.59. The summed E-state index contributed by atoms with van der Waals surface area (Å²) in [4.78, 5) is 23.0. The van der Waals surface area contributed by atoms with Gasteiger partial charge in [0.15, 0.2) is 5.82 Å². The minimum absolute atomic E-state index is 0.254. The Kier molecular flexibility index (Phi) is 4.55. The first-order chi connectivity index (χ1) is 12.1. The Balaban J connectivity index is 1.98. The Labute approximate surface area is 143 Å². The van der Waals surface area contributed by atoms with E-state index >= 15 is 0 Å². The monoisotopic (exact) mass is 339 g/mol. The number of nitrogens with zero attached hydrogens (tertiary/aromatic N) is 10. The number of azo groups is 1. The number of hydrogen-bond acceptors (Lipinski definition) is 10. The van der Waals surface area contributed by atoms with Crippen LogP contribution in [0.5, 0.6) is 0 Å². The first-order valence-corrected chi connectivity index (χ1v) is 7.43. The van der Waals surface area contributed by atoms with E-state index in [-0.39, 0.29) is 5.95 Å². The van der Waals surface area contributed by atoms with Crippen LogP contribution in [-0.2, 0) is 0 Å². The van der Waals surface area contributed by atoms with Gasteiger partial charge in [-0.25, -0.2) is 15.0 Å². The molecule has 0 aliphatic heterocycles. The second-order valence-corrected chi connectivity index (χ2v) is 5.17. The molecular formula is C14H17N11. The Morgan fingerprint density at radius 1 is 1.08 bits per heavy atom. The summed E-state index contributed by atoms with van der Waals surface area (Å²) in [7, 11) is 5.51. The molecule has 3 aromatic heterocycles. The topological polar surface area (TPSA) is 122 Å². The number of hydrogen-bond donors (Lipinski definition) is 1. The fourth-order valence-corrected chi connectivity index (χ4v) is 1.99. The molecule has 0 amide bonds. The van der Waals surface area contributed by atoms with E-state index in [9.17, 15) is 0 Å². The minimum atomic E-state index is 0.254. The maximum absolute atomic E-state index is 4.42. The highest BCUT2D eigenvalue weighted by Gasteiger charge is 2.13. The van der Waals surface area contributed by atoms with Crippen LogP contribution >= 0.6 is 0 Å². The number of anilines is 2. The Hall–Kier alpha value is -3.50. The zero-order valence-electron chi connectivity index (χ0n) is 14.3. The van der Waals surface area contributed by atoms with Gasteiger partial charge in [-0.1, -0.05) is 0 Å². The van der Waals surface area contributed by atoms with Crippen LogP contribution in [0.4, 0.5) is 23.4 Å². The van der Waals surface area contributed by atoms with Crippen LogP contribution in [0.25, 0.3) is 5.95 Å². The number of nitrogens with one attached hydrogen (secondary N) is 1. The van der Waals surface area contributed by atoms with Gasteiger partial charge in [-0.05, 0) is 13.0 Å². The highest BCUT2D eigenvalue weighted by atomic mass is 15.4. The molecule has 25 heavy (non-hydrogen) atoms. The van der Waals surface area contributed by atoms with Crippen molar-refractivity contribution in [3.63, 3.8) is 0 Å². The molecule has 0 aliphatic rings. The van der Waals surface area contributed by atoms with Crippen molar-refractivity contribution in [2.45, 2.75) is 6.92 Å². The molecule has 0 aliphatic carbocycles. The molecule has 3 aromatic rings. The third kappa shape index (κ3) is 3.39. The quantitative estimate of drug-likeness (QED) is 0.697. The molecule has 0 atom stereocenters. The van der Waals surface area contributed by atoms with Crippen LogP contribution in [0, 0.1) is 6.92 Å². The molecule has 11 nitrogen and oxygen atoms in total. The molecule has 0 radical (unpaired) electrons. The van der Waals surface area contributed by atoms with Crippen molar-refractivity contribution >= 4 is 23.4 Å². The first kappa shape index (κ1) is 16.4. The van der Waals surface area contributed by atoms with E-state index in [4.69, 9.17) is 0 Å². The summed E-state index contributed by atoms with van der Waals surface area (Å²) in [5, 5.41) is 15.5. The molecule has 128 valence electrons. The maximum atomic E-state index is 4.42. The van der Waals surface area contributed by atoms with E-state index in [0.29, 0.717) is 29.1 Å². The molecule has 0 saturated carbocycles. The van der Waals surface area contributed by atoms with E-state index in [1.54, 1.807) is 25.5 Å². The van der Waals surface area contributed by atoms with Crippen molar-refractivity contribution < 1.29 is 0 Å². The lowest BCUT2D eigenvalue weighted by Gasteiger charge is -2.13. The lowest BCUT2D eigenvalue weighted by Crippen LogP contribution is -2.14. The molecule has 0 aromatic carbocycles. The van der Waals surface area contributed by atoms with Crippen molar-refractivity contribution in [3.05, 3.63) is 30.5 Å². The van der Waals surface area contributed by atoms with Crippen molar-refractivity contribution in [2.24, 2.45) is 10.2 Å². The van der Waals surface area contributed by atoms with Crippen LogP contribution in [0.2, 0.25) is 0 Å². The zero-order valence-corrected chi connectivity index (χ0v) is 14.3. The molecule has 11 heteroatoms. The van der Waals surface area contributed by atoms with Gasteiger partial charge in [0.2, 0.25) is 5.95 Å². The Morgan fingerprint density at radius 2 is 1.84 bits per heavy atom. The van der Waals surface area contributed by atoms with Crippen molar-refractivity contribution in [2.75, 3.05) is 31.4 Å². The lowest BCUT2D eigenvalue weighted by atomic mass is 10.3. The molecule has 3 heterocycles. The smallest absolute Gasteiger partial charge is 0.274 e. The van der Waals surface area contributed by atoms with Gasteiger partial charge in [0.05, 0.1) is 5.69 Å². The normalized spacial score (nSPS) is 11.0. The van der Waals surface area contributed by atoms with Gasteiger partial charge in [0, 0.05) is 33.5 Å². The van der Waals surface area contributed by atoms with Crippen LogP contribution in [-0.4, -0.2) is 55.8 Å². The highest BCUT2D eigenvalue weighted by Crippen LogP contribution is 2.29. The number of aromatic nitrogens is 7. The molecule has 0 spiro atoms. The second-order valence-electron chi connectivity index (χ2n) is 5.17. The van der Waals surface area contributed by atoms with Gasteiger partial charge < -0.3 is 10.2 Å². The second kappa shape index (κ2) is 6.95. The predicted molar refractivity (Wildman–Crippen MR) is 91.8 cm³/mol. The van der Waals surface area contributed by atoms with E-state index < -0.39 is 0 Å². The molecule has 0 bridgehead atoms. The predicted octanol–water partition coefficient (Wildman–Crippen LogP) is 1.68. The van der Waals surface area contributed by atoms with Gasteiger partial charge in [-0.15, -0.1) is 10.2 Å². The van der Waals surface area contributed by atoms with E-state index in [1.807, 2.05) is 25.9 Å². The average Bonchev–Trinajstić information content (AvgIpc) is 3.09. The van der Waals surface area contributed by atoms with Gasteiger partial charge in [0.1, 0.15) is 12.0 Å². The fourth-order valence-electron chi connectivity index (χ4n) is 1.99. The van der Waals surface area contributed by atoms with Gasteiger partial charge >= 0.3 is 0 Å². The molecule has 0 saturated heterocycles. The Morgan fingerprint density at radius 3 is 2.52 bits per heavy atom. The van der Waals surface area contributed by atoms with Gasteiger partial charge in [0.25, 0.3) is 11.9 Å². The average molecular weight is 339 g/mol. The zero-order chi connectivity index (χ0) is 17.8. The van der Waals surface area contributed by atoms with Gasteiger partial charge in [-0.2, -0.15) is 19.7 Å². The first-order valence-electron chi connectivity index (χ1n) is 7.43. The third-order valence-corrected chi connectivity index (χ3v) is 3.19. The van der Waals surface area contributed by atoms with E-state index in [1.165, 1.54) is 11.0 Å². The summed E-state index contributed by atoms with van der Waals surface area (Å²) < 4.78 is 1.40. The van der Waals surface area contributed by atoms with E-state index in [2.05, 4.69) is 45.6 Å². The van der Waals surface area contributed by atoms with Crippen molar-refractivity contribution in [1.29, 1.82) is 0 Å². The third-order valence-electron chi connectivity index (χ3n) is 3.19. The molecule has 0 unspecified atom stereocenters. The summed E-state index contributed by atoms with van der Waals surface area (Å²) in [6.45, 7) is 1.84. The largest absolute Gasteiger partial charge is 0.371 e. The summed E-state index contributed by atoms with van der Waals surface area (Å²) in [5.41, 5.74) is 1.21. The van der Waals surface area contributed by atoms with Crippen molar-refractivity contribution in [3.8, 4) is 5.95 Å². The van der Waals surface area contributed by atoms with E-state index in [0.717, 1.165) is 0 Å². The standard InChI is InChI=1S/C14H17N11/c1-9-10(11(15-2)21-14(20-9)24(3)4)22-23-13-18-8-19-25(13)12-16-6-5-7-17-12/h5-8H,1-4H3,(H,15,20,21)/b23-22+. The SMILES string of the molecule is CNc1nc(N(C)C)nc(C)c1/N=N/c1ncnn1-c1ncccn1. The molecular weight excluding hydrogens is 322 g/mol.